The molecule has 2 aliphatic heterocycles. The van der Waals surface area contributed by atoms with Gasteiger partial charge in [-0.05, 0) is 51.2 Å². The Morgan fingerprint density at radius 2 is 1.35 bits per heavy atom. The van der Waals surface area contributed by atoms with Crippen molar-refractivity contribution in [2.45, 2.75) is 160 Å². The molecule has 0 unspecified atom stereocenters. The molecule has 0 N–H and O–H groups in total. The molecule has 0 radical (unpaired) electrons. The van der Waals surface area contributed by atoms with Crippen molar-refractivity contribution in [2.75, 3.05) is 53.1 Å². The van der Waals surface area contributed by atoms with Crippen LogP contribution in [-0.4, -0.2) is 88.9 Å². The van der Waals surface area contributed by atoms with Crippen molar-refractivity contribution in [3.8, 4) is 0 Å². The number of morpholine rings is 1. The van der Waals surface area contributed by atoms with Gasteiger partial charge in [0, 0.05) is 6.42 Å². The first-order valence-corrected chi connectivity index (χ1v) is 20.9. The monoisotopic (exact) mass is 711 g/mol. The fourth-order valence-corrected chi connectivity index (χ4v) is 6.81. The summed E-state index contributed by atoms with van der Waals surface area (Å²) in [6.07, 6.45) is 25.0. The average molecular weight is 712 g/mol. The van der Waals surface area contributed by atoms with Crippen LogP contribution in [0.5, 0.6) is 0 Å². The highest BCUT2D eigenvalue weighted by Crippen LogP contribution is 2.20. The van der Waals surface area contributed by atoms with Gasteiger partial charge < -0.3 is 28.0 Å². The van der Waals surface area contributed by atoms with Gasteiger partial charge in [0.25, 0.3) is 0 Å². The molecular formula is C39H69NO8S. The first kappa shape index (κ1) is 43.6. The van der Waals surface area contributed by atoms with E-state index in [1.165, 1.54) is 109 Å². The van der Waals surface area contributed by atoms with E-state index in [0.717, 1.165) is 68.5 Å². The Balaban J connectivity index is 0.000000639. The number of carbonyl (C=O) groups excluding carboxylic acids is 1. The van der Waals surface area contributed by atoms with Gasteiger partial charge in [-0.1, -0.05) is 115 Å². The maximum atomic E-state index is 12.1. The molecule has 2 fully saturated rings. The fourth-order valence-electron chi connectivity index (χ4n) is 6.34. The third-order valence-corrected chi connectivity index (χ3v) is 10.6. The van der Waals surface area contributed by atoms with E-state index in [2.05, 4.69) is 14.0 Å². The van der Waals surface area contributed by atoms with E-state index in [-0.39, 0.29) is 23.3 Å². The van der Waals surface area contributed by atoms with E-state index in [1.54, 1.807) is 12.1 Å². The zero-order valence-corrected chi connectivity index (χ0v) is 32.0. The van der Waals surface area contributed by atoms with Crippen LogP contribution in [0.15, 0.2) is 29.2 Å². The van der Waals surface area contributed by atoms with Gasteiger partial charge in [0.05, 0.1) is 38.3 Å². The summed E-state index contributed by atoms with van der Waals surface area (Å²) in [4.78, 5) is 11.9. The summed E-state index contributed by atoms with van der Waals surface area (Å²) in [5.41, 5.74) is 0.928. The number of unbranched alkanes of at least 4 members (excludes halogenated alkanes) is 16. The molecule has 2 aliphatic rings. The van der Waals surface area contributed by atoms with E-state index in [9.17, 15) is 17.8 Å². The molecule has 49 heavy (non-hydrogen) atoms. The smallest absolute Gasteiger partial charge is 0.305 e. The lowest BCUT2D eigenvalue weighted by atomic mass is 10.0. The van der Waals surface area contributed by atoms with Crippen LogP contribution in [0.25, 0.3) is 0 Å². The Hall–Kier alpha value is -1.56. The van der Waals surface area contributed by atoms with Crippen molar-refractivity contribution < 1.29 is 41.2 Å². The number of ether oxygens (including phenoxy) is 4. The highest BCUT2D eigenvalue weighted by molar-refractivity contribution is 7.85. The number of hydrogen-bond acceptors (Lipinski definition) is 8. The molecule has 284 valence electrons. The summed E-state index contributed by atoms with van der Waals surface area (Å²) in [5, 5.41) is 0. The lowest BCUT2D eigenvalue weighted by Gasteiger charge is -2.37. The summed E-state index contributed by atoms with van der Waals surface area (Å²) >= 11 is 0. The van der Waals surface area contributed by atoms with Crippen LogP contribution in [0.1, 0.15) is 141 Å². The Morgan fingerprint density at radius 3 is 1.90 bits per heavy atom. The van der Waals surface area contributed by atoms with Crippen LogP contribution in [0.3, 0.4) is 0 Å². The van der Waals surface area contributed by atoms with Crippen LogP contribution in [0, 0.1) is 6.92 Å². The van der Waals surface area contributed by atoms with Gasteiger partial charge in [0.15, 0.2) is 6.29 Å². The largest absolute Gasteiger partial charge is 0.744 e. The highest BCUT2D eigenvalue weighted by atomic mass is 32.2. The van der Waals surface area contributed by atoms with Crippen molar-refractivity contribution in [1.29, 1.82) is 0 Å². The molecule has 1 aromatic carbocycles. The van der Waals surface area contributed by atoms with Gasteiger partial charge in [-0.2, -0.15) is 0 Å². The predicted octanol–water partition coefficient (Wildman–Crippen LogP) is 8.47. The molecule has 0 amide bonds. The van der Waals surface area contributed by atoms with E-state index in [0.29, 0.717) is 19.6 Å². The summed E-state index contributed by atoms with van der Waals surface area (Å²) in [5.74, 6) is -0.105. The summed E-state index contributed by atoms with van der Waals surface area (Å²) in [6, 6.07) is 5.78. The van der Waals surface area contributed by atoms with Crippen LogP contribution in [-0.2, 0) is 33.9 Å². The Labute approximate surface area is 299 Å². The second-order valence-electron chi connectivity index (χ2n) is 14.4. The van der Waals surface area contributed by atoms with Gasteiger partial charge in [-0.25, -0.2) is 8.42 Å². The predicted molar refractivity (Wildman–Crippen MR) is 194 cm³/mol. The number of aryl methyl sites for hydroxylation is 1. The minimum Gasteiger partial charge on any atom is -0.744 e. The van der Waals surface area contributed by atoms with Crippen LogP contribution >= 0.6 is 0 Å². The Morgan fingerprint density at radius 1 is 0.816 bits per heavy atom. The van der Waals surface area contributed by atoms with Gasteiger partial charge >= 0.3 is 5.97 Å². The maximum Gasteiger partial charge on any atom is 0.305 e. The molecule has 0 spiro atoms. The van der Waals surface area contributed by atoms with E-state index in [4.69, 9.17) is 18.9 Å². The number of hydrogen-bond donors (Lipinski definition) is 0. The summed E-state index contributed by atoms with van der Waals surface area (Å²) < 4.78 is 54.9. The highest BCUT2D eigenvalue weighted by Gasteiger charge is 2.27. The number of quaternary nitrogens is 1. The molecule has 0 aliphatic carbocycles. The number of rotatable bonds is 25. The Kier molecular flexibility index (Phi) is 23.4. The molecule has 2 saturated heterocycles. The first-order valence-electron chi connectivity index (χ1n) is 19.5. The third kappa shape index (κ3) is 22.1. The quantitative estimate of drug-likeness (QED) is 0.0430. The standard InChI is InChI=1S/C32H62NO5.C7H8O3S/c1-3-4-5-6-7-8-9-10-11-12-13-14-15-16-19-22-32-37-29-30(38-32)28-36-31(34)21-18-17-20-23-33(2)24-26-35-27-25-33;1-6-2-4-7(5-3-6)11(8,9)10/h30,32H,3-29H2,1-2H3;2-5H,1H3,(H,8,9,10)/q+1;/p-1/t30-,32-;/m1./s1. The van der Waals surface area contributed by atoms with Crippen molar-refractivity contribution in [3.63, 3.8) is 0 Å². The van der Waals surface area contributed by atoms with Crippen molar-refractivity contribution in [3.05, 3.63) is 29.8 Å². The second-order valence-corrected chi connectivity index (χ2v) is 15.8. The molecule has 10 heteroatoms. The van der Waals surface area contributed by atoms with Crippen LogP contribution < -0.4 is 0 Å². The molecule has 2 heterocycles. The lowest BCUT2D eigenvalue weighted by Crippen LogP contribution is -2.52. The number of carbonyl (C=O) groups is 1. The average Bonchev–Trinajstić information content (AvgIpc) is 3.53. The first-order chi connectivity index (χ1) is 23.6. The SMILES string of the molecule is CCCCCCCCCCCCCCCCC[C@@H]1OC[C@@H](COC(=O)CCCCC[N+]2(C)CCOCC2)O1.Cc1ccc(S(=O)(=O)[O-])cc1. The van der Waals surface area contributed by atoms with Crippen molar-refractivity contribution in [2.24, 2.45) is 0 Å². The second kappa shape index (κ2) is 26.2. The fraction of sp³-hybridized carbons (Fsp3) is 0.821. The van der Waals surface area contributed by atoms with Crippen molar-refractivity contribution >= 4 is 16.1 Å². The van der Waals surface area contributed by atoms with E-state index < -0.39 is 10.1 Å². The van der Waals surface area contributed by atoms with Crippen LogP contribution in [0.4, 0.5) is 0 Å². The number of benzene rings is 1. The molecule has 0 aromatic heterocycles. The molecule has 0 saturated carbocycles. The third-order valence-electron chi connectivity index (χ3n) is 9.73. The van der Waals surface area contributed by atoms with Gasteiger partial charge in [-0.3, -0.25) is 4.79 Å². The van der Waals surface area contributed by atoms with Gasteiger partial charge in [0.1, 0.15) is 35.9 Å². The molecular weight excluding hydrogens is 642 g/mol. The normalized spacial score (nSPS) is 18.9. The summed E-state index contributed by atoms with van der Waals surface area (Å²) in [7, 11) is -1.96. The number of likely N-dealkylation sites (N-methyl/N-ethyl adjacent to an activating group) is 1. The zero-order chi connectivity index (χ0) is 35.6. The van der Waals surface area contributed by atoms with Crippen molar-refractivity contribution in [1.82, 2.24) is 0 Å². The van der Waals surface area contributed by atoms with Gasteiger partial charge in [-0.15, -0.1) is 0 Å². The minimum atomic E-state index is -4.27. The molecule has 3 rings (SSSR count). The number of esters is 1. The Bertz CT molecular complexity index is 1080. The molecule has 9 nitrogen and oxygen atoms in total. The summed E-state index contributed by atoms with van der Waals surface area (Å²) in [6.45, 7) is 10.1. The van der Waals surface area contributed by atoms with E-state index in [1.807, 2.05) is 6.92 Å². The topological polar surface area (TPSA) is 111 Å². The lowest BCUT2D eigenvalue weighted by molar-refractivity contribution is -0.917. The minimum absolute atomic E-state index is 0.105. The van der Waals surface area contributed by atoms with E-state index >= 15 is 0 Å². The molecule has 2 atom stereocenters. The zero-order valence-electron chi connectivity index (χ0n) is 31.2. The molecule has 1 aromatic rings. The van der Waals surface area contributed by atoms with Crippen LogP contribution in [0.2, 0.25) is 0 Å². The number of nitrogens with zero attached hydrogens (tertiary/aromatic N) is 1. The van der Waals surface area contributed by atoms with Gasteiger partial charge in [0.2, 0.25) is 0 Å². The maximum absolute atomic E-state index is 12.1. The molecule has 0 bridgehead atoms.